The first-order chi connectivity index (χ1) is 9.88. The molecule has 0 radical (unpaired) electrons. The van der Waals surface area contributed by atoms with Gasteiger partial charge in [0, 0.05) is 6.07 Å². The van der Waals surface area contributed by atoms with E-state index in [1.54, 1.807) is 6.07 Å². The number of hydrogen-bond donors (Lipinski definition) is 0. The van der Waals surface area contributed by atoms with Gasteiger partial charge in [-0.3, -0.25) is 14.9 Å². The van der Waals surface area contributed by atoms with E-state index in [1.807, 2.05) is 18.2 Å². The summed E-state index contributed by atoms with van der Waals surface area (Å²) in [6, 6.07) is 8.66. The highest BCUT2D eigenvalue weighted by molar-refractivity contribution is 7.16. The molecular formula is C15H15NO4S. The van der Waals surface area contributed by atoms with Gasteiger partial charge in [0.2, 0.25) is 0 Å². The van der Waals surface area contributed by atoms with E-state index in [4.69, 9.17) is 4.74 Å². The van der Waals surface area contributed by atoms with Crippen LogP contribution in [0.3, 0.4) is 0 Å². The smallest absolute Gasteiger partial charge is 0.323 e. The van der Waals surface area contributed by atoms with E-state index < -0.39 is 4.92 Å². The number of thiophene rings is 1. The van der Waals surface area contributed by atoms with Crippen molar-refractivity contribution >= 4 is 22.8 Å². The normalized spacial score (nSPS) is 10.7. The molecule has 6 heteroatoms. The Morgan fingerprint density at radius 2 is 2.05 bits per heavy atom. The van der Waals surface area contributed by atoms with Crippen molar-refractivity contribution in [2.45, 2.75) is 26.7 Å². The molecule has 110 valence electrons. The number of benzene rings is 1. The summed E-state index contributed by atoms with van der Waals surface area (Å²) >= 11 is 0.992. The lowest BCUT2D eigenvalue weighted by Crippen LogP contribution is -1.91. The van der Waals surface area contributed by atoms with E-state index in [0.29, 0.717) is 16.5 Å². The summed E-state index contributed by atoms with van der Waals surface area (Å²) < 4.78 is 5.62. The average molecular weight is 305 g/mol. The average Bonchev–Trinajstić information content (AvgIpc) is 2.83. The molecule has 0 aliphatic carbocycles. The molecule has 2 aromatic rings. The van der Waals surface area contributed by atoms with Crippen LogP contribution in [0.5, 0.6) is 10.8 Å². The molecule has 1 aromatic heterocycles. The minimum absolute atomic E-state index is 0.131. The molecule has 0 aliphatic heterocycles. The van der Waals surface area contributed by atoms with Gasteiger partial charge >= 0.3 is 5.69 Å². The molecule has 0 unspecified atom stereocenters. The van der Waals surface area contributed by atoms with E-state index in [9.17, 15) is 14.9 Å². The Hall–Kier alpha value is -2.21. The fourth-order valence-electron chi connectivity index (χ4n) is 1.78. The Balaban J connectivity index is 2.36. The molecule has 0 amide bonds. The van der Waals surface area contributed by atoms with Crippen LogP contribution in [0.1, 0.15) is 41.9 Å². The van der Waals surface area contributed by atoms with Gasteiger partial charge in [0.1, 0.15) is 5.75 Å². The van der Waals surface area contributed by atoms with Crippen LogP contribution in [0.4, 0.5) is 5.69 Å². The van der Waals surface area contributed by atoms with E-state index in [1.165, 1.54) is 13.0 Å². The Labute approximate surface area is 126 Å². The van der Waals surface area contributed by atoms with Gasteiger partial charge in [-0.15, -0.1) is 0 Å². The van der Waals surface area contributed by atoms with E-state index >= 15 is 0 Å². The Bertz CT molecular complexity index is 691. The fourth-order valence-corrected chi connectivity index (χ4v) is 2.67. The van der Waals surface area contributed by atoms with Gasteiger partial charge in [0.25, 0.3) is 5.06 Å². The maximum absolute atomic E-state index is 11.4. The third kappa shape index (κ3) is 3.46. The highest BCUT2D eigenvalue weighted by Crippen LogP contribution is 2.40. The van der Waals surface area contributed by atoms with Gasteiger partial charge in [-0.1, -0.05) is 37.3 Å². The summed E-state index contributed by atoms with van der Waals surface area (Å²) in [5.41, 5.74) is 0.902. The van der Waals surface area contributed by atoms with E-state index in [0.717, 1.165) is 16.9 Å². The lowest BCUT2D eigenvalue weighted by Gasteiger charge is -2.08. The number of nitrogens with zero attached hydrogens (tertiary/aromatic N) is 1. The van der Waals surface area contributed by atoms with Crippen LogP contribution in [0.15, 0.2) is 30.3 Å². The minimum atomic E-state index is -0.537. The quantitative estimate of drug-likeness (QED) is 0.453. The van der Waals surface area contributed by atoms with Crippen molar-refractivity contribution in [1.29, 1.82) is 0 Å². The second-order valence-electron chi connectivity index (χ2n) is 4.93. The van der Waals surface area contributed by atoms with Crippen molar-refractivity contribution in [1.82, 2.24) is 0 Å². The van der Waals surface area contributed by atoms with Gasteiger partial charge in [0.15, 0.2) is 5.78 Å². The van der Waals surface area contributed by atoms with Gasteiger partial charge in [-0.05, 0) is 30.5 Å². The summed E-state index contributed by atoms with van der Waals surface area (Å²) in [6.07, 6.45) is 0. The van der Waals surface area contributed by atoms with Gasteiger partial charge < -0.3 is 4.74 Å². The Kier molecular flexibility index (Phi) is 4.37. The predicted molar refractivity (Wildman–Crippen MR) is 81.6 cm³/mol. The van der Waals surface area contributed by atoms with Crippen molar-refractivity contribution in [2.24, 2.45) is 0 Å². The number of ketones is 1. The van der Waals surface area contributed by atoms with Crippen LogP contribution in [0.25, 0.3) is 0 Å². The zero-order chi connectivity index (χ0) is 15.6. The van der Waals surface area contributed by atoms with Crippen LogP contribution in [-0.2, 0) is 0 Å². The zero-order valence-corrected chi connectivity index (χ0v) is 12.8. The molecule has 0 fully saturated rings. The molecule has 0 atom stereocenters. The summed E-state index contributed by atoms with van der Waals surface area (Å²) in [7, 11) is 0. The third-order valence-corrected chi connectivity index (χ3v) is 4.06. The third-order valence-electron chi connectivity index (χ3n) is 2.96. The van der Waals surface area contributed by atoms with Crippen molar-refractivity contribution in [2.75, 3.05) is 0 Å². The van der Waals surface area contributed by atoms with Crippen LogP contribution in [0.2, 0.25) is 0 Å². The SMILES string of the molecule is CC(=O)c1cc([N+](=O)[O-])c(Oc2cccc(C(C)C)c2)s1. The van der Waals surface area contributed by atoms with E-state index in [-0.39, 0.29) is 16.5 Å². The lowest BCUT2D eigenvalue weighted by atomic mass is 10.0. The van der Waals surface area contributed by atoms with Crippen molar-refractivity contribution in [3.63, 3.8) is 0 Å². The van der Waals surface area contributed by atoms with Crippen LogP contribution < -0.4 is 4.74 Å². The Morgan fingerprint density at radius 3 is 2.62 bits per heavy atom. The molecule has 0 saturated heterocycles. The number of nitro groups is 1. The molecule has 0 N–H and O–H groups in total. The summed E-state index contributed by atoms with van der Waals surface area (Å²) in [4.78, 5) is 22.2. The number of rotatable bonds is 5. The van der Waals surface area contributed by atoms with Gasteiger partial charge in [-0.2, -0.15) is 0 Å². The zero-order valence-electron chi connectivity index (χ0n) is 12.0. The molecule has 1 aromatic carbocycles. The predicted octanol–water partition coefficient (Wildman–Crippen LogP) is 4.77. The number of ether oxygens (including phenoxy) is 1. The van der Waals surface area contributed by atoms with Gasteiger partial charge in [-0.25, -0.2) is 0 Å². The topological polar surface area (TPSA) is 69.4 Å². The second-order valence-corrected chi connectivity index (χ2v) is 5.94. The minimum Gasteiger partial charge on any atom is -0.440 e. The molecule has 1 heterocycles. The highest BCUT2D eigenvalue weighted by atomic mass is 32.1. The molecule has 5 nitrogen and oxygen atoms in total. The summed E-state index contributed by atoms with van der Waals surface area (Å²) in [5.74, 6) is 0.648. The molecular weight excluding hydrogens is 290 g/mol. The molecule has 0 aliphatic rings. The van der Waals surface area contributed by atoms with Crippen LogP contribution >= 0.6 is 11.3 Å². The number of hydrogen-bond acceptors (Lipinski definition) is 5. The molecule has 0 saturated carbocycles. The largest absolute Gasteiger partial charge is 0.440 e. The number of carbonyl (C=O) groups excluding carboxylic acids is 1. The van der Waals surface area contributed by atoms with Crippen molar-refractivity contribution in [3.05, 3.63) is 50.9 Å². The van der Waals surface area contributed by atoms with Crippen molar-refractivity contribution in [3.8, 4) is 10.8 Å². The standard InChI is InChI=1S/C15H15NO4S/c1-9(2)11-5-4-6-12(7-11)20-15-13(16(18)19)8-14(21-15)10(3)17/h4-9H,1-3H3. The van der Waals surface area contributed by atoms with Crippen molar-refractivity contribution < 1.29 is 14.5 Å². The first-order valence-electron chi connectivity index (χ1n) is 6.45. The number of Topliss-reactive ketones (excluding diaryl/α,β-unsaturated/α-hetero) is 1. The van der Waals surface area contributed by atoms with Gasteiger partial charge in [0.05, 0.1) is 9.80 Å². The lowest BCUT2D eigenvalue weighted by molar-refractivity contribution is -0.385. The molecule has 2 rings (SSSR count). The maximum Gasteiger partial charge on any atom is 0.323 e. The van der Waals surface area contributed by atoms with E-state index in [2.05, 4.69) is 13.8 Å². The van der Waals surface area contributed by atoms with Crippen LogP contribution in [0, 0.1) is 10.1 Å². The Morgan fingerprint density at radius 1 is 1.33 bits per heavy atom. The monoisotopic (exact) mass is 305 g/mol. The summed E-state index contributed by atoms with van der Waals surface area (Å²) in [6.45, 7) is 5.49. The maximum atomic E-state index is 11.4. The molecule has 21 heavy (non-hydrogen) atoms. The summed E-state index contributed by atoms with van der Waals surface area (Å²) in [5, 5.41) is 11.2. The molecule has 0 bridgehead atoms. The first kappa shape index (κ1) is 15.2. The highest BCUT2D eigenvalue weighted by Gasteiger charge is 2.23. The number of carbonyl (C=O) groups is 1. The first-order valence-corrected chi connectivity index (χ1v) is 7.27. The molecule has 0 spiro atoms. The van der Waals surface area contributed by atoms with Crippen LogP contribution in [-0.4, -0.2) is 10.7 Å². The second kappa shape index (κ2) is 6.05. The fraction of sp³-hybridized carbons (Fsp3) is 0.267.